The number of aliphatic hydroxyl groups excluding tert-OH is 1. The van der Waals surface area contributed by atoms with Gasteiger partial charge in [-0.1, -0.05) is 25.4 Å². The lowest BCUT2D eigenvalue weighted by atomic mass is 9.96. The molecule has 1 aromatic rings. The number of hydrogen-bond acceptors (Lipinski definition) is 3. The van der Waals surface area contributed by atoms with Crippen LogP contribution >= 0.6 is 11.6 Å². The van der Waals surface area contributed by atoms with E-state index < -0.39 is 21.4 Å². The van der Waals surface area contributed by atoms with Gasteiger partial charge in [-0.05, 0) is 31.0 Å². The van der Waals surface area contributed by atoms with Gasteiger partial charge in [-0.15, -0.1) is 0 Å². The summed E-state index contributed by atoms with van der Waals surface area (Å²) in [6.45, 7) is 3.24. The van der Waals surface area contributed by atoms with Crippen molar-refractivity contribution in [2.45, 2.75) is 37.1 Å². The topological polar surface area (TPSA) is 66.4 Å². The largest absolute Gasteiger partial charge is 0.394 e. The van der Waals surface area contributed by atoms with Crippen LogP contribution in [0.1, 0.15) is 26.7 Å². The first-order valence-corrected chi connectivity index (χ1v) is 7.76. The summed E-state index contributed by atoms with van der Waals surface area (Å²) in [6, 6.07) is 3.18. The van der Waals surface area contributed by atoms with E-state index in [1.54, 1.807) is 13.8 Å². The number of benzene rings is 1. The predicted octanol–water partition coefficient (Wildman–Crippen LogP) is 2.31. The molecule has 1 rings (SSSR count). The minimum absolute atomic E-state index is 0.126. The Kier molecular flexibility index (Phi) is 5.32. The van der Waals surface area contributed by atoms with E-state index in [0.717, 1.165) is 18.2 Å². The van der Waals surface area contributed by atoms with E-state index >= 15 is 0 Å². The lowest BCUT2D eigenvalue weighted by Gasteiger charge is -2.30. The third-order valence-electron chi connectivity index (χ3n) is 3.21. The summed E-state index contributed by atoms with van der Waals surface area (Å²) < 4.78 is 39.9. The maximum Gasteiger partial charge on any atom is 0.241 e. The van der Waals surface area contributed by atoms with Gasteiger partial charge in [-0.2, -0.15) is 0 Å². The van der Waals surface area contributed by atoms with Crippen molar-refractivity contribution >= 4 is 21.6 Å². The Bertz CT molecular complexity index is 536. The highest BCUT2D eigenvalue weighted by atomic mass is 35.5. The minimum atomic E-state index is -3.85. The van der Waals surface area contributed by atoms with Gasteiger partial charge in [0.25, 0.3) is 0 Å². The average molecular weight is 310 g/mol. The molecule has 4 nitrogen and oxygen atoms in total. The molecule has 2 N–H and O–H groups in total. The van der Waals surface area contributed by atoms with Gasteiger partial charge >= 0.3 is 0 Å². The average Bonchev–Trinajstić information content (AvgIpc) is 2.39. The zero-order valence-electron chi connectivity index (χ0n) is 10.8. The van der Waals surface area contributed by atoms with Gasteiger partial charge in [0.05, 0.1) is 22.1 Å². The van der Waals surface area contributed by atoms with E-state index in [1.807, 2.05) is 0 Å². The van der Waals surface area contributed by atoms with Crippen molar-refractivity contribution in [3.05, 3.63) is 29.0 Å². The number of nitrogens with one attached hydrogen (secondary N) is 1. The summed E-state index contributed by atoms with van der Waals surface area (Å²) in [5.74, 6) is -0.681. The minimum Gasteiger partial charge on any atom is -0.394 e. The van der Waals surface area contributed by atoms with Crippen molar-refractivity contribution in [3.8, 4) is 0 Å². The Morgan fingerprint density at radius 1 is 1.37 bits per heavy atom. The highest BCUT2D eigenvalue weighted by molar-refractivity contribution is 7.89. The molecule has 0 atom stereocenters. The molecule has 0 unspecified atom stereocenters. The molecule has 0 aliphatic rings. The van der Waals surface area contributed by atoms with Crippen LogP contribution in [-0.2, 0) is 10.0 Å². The Morgan fingerprint density at radius 3 is 2.37 bits per heavy atom. The Labute approximate surface area is 117 Å². The van der Waals surface area contributed by atoms with Crippen LogP contribution in [0.4, 0.5) is 4.39 Å². The lowest BCUT2D eigenvalue weighted by molar-refractivity contribution is 0.172. The van der Waals surface area contributed by atoms with E-state index in [1.165, 1.54) is 0 Å². The van der Waals surface area contributed by atoms with Crippen LogP contribution in [0, 0.1) is 5.82 Å². The van der Waals surface area contributed by atoms with Crippen LogP contribution in [0.3, 0.4) is 0 Å². The first kappa shape index (κ1) is 16.4. The van der Waals surface area contributed by atoms with Crippen LogP contribution in [0.5, 0.6) is 0 Å². The third-order valence-corrected chi connectivity index (χ3v) is 5.07. The molecule has 7 heteroatoms. The molecule has 0 aromatic heterocycles. The molecule has 19 heavy (non-hydrogen) atoms. The number of hydrogen-bond donors (Lipinski definition) is 2. The monoisotopic (exact) mass is 309 g/mol. The van der Waals surface area contributed by atoms with Crippen molar-refractivity contribution in [2.24, 2.45) is 0 Å². The van der Waals surface area contributed by atoms with E-state index in [2.05, 4.69) is 4.72 Å². The quantitative estimate of drug-likeness (QED) is 0.847. The fraction of sp³-hybridized carbons (Fsp3) is 0.500. The molecule has 0 heterocycles. The zero-order valence-corrected chi connectivity index (χ0v) is 12.4. The van der Waals surface area contributed by atoms with Gasteiger partial charge in [0, 0.05) is 0 Å². The van der Waals surface area contributed by atoms with Crippen LogP contribution in [0.2, 0.25) is 5.02 Å². The summed E-state index contributed by atoms with van der Waals surface area (Å²) in [6.07, 6.45) is 0.877. The van der Waals surface area contributed by atoms with Crippen molar-refractivity contribution in [1.29, 1.82) is 0 Å². The fourth-order valence-electron chi connectivity index (χ4n) is 1.64. The van der Waals surface area contributed by atoms with Gasteiger partial charge in [-0.3, -0.25) is 0 Å². The summed E-state index contributed by atoms with van der Waals surface area (Å²) in [4.78, 5) is -0.126. The lowest BCUT2D eigenvalue weighted by Crippen LogP contribution is -2.50. The molecular weight excluding hydrogens is 293 g/mol. The van der Waals surface area contributed by atoms with Gasteiger partial charge in [-0.25, -0.2) is 17.5 Å². The van der Waals surface area contributed by atoms with Crippen molar-refractivity contribution in [2.75, 3.05) is 6.61 Å². The summed E-state index contributed by atoms with van der Waals surface area (Å²) in [5, 5.41) is 9.11. The van der Waals surface area contributed by atoms with Crippen LogP contribution in [0.15, 0.2) is 23.1 Å². The summed E-state index contributed by atoms with van der Waals surface area (Å²) in [5.41, 5.74) is -0.917. The smallest absolute Gasteiger partial charge is 0.241 e. The SMILES string of the molecule is CCC(CC)(CO)NS(=O)(=O)c1ccc(F)c(Cl)c1. The number of aliphatic hydroxyl groups is 1. The van der Waals surface area contributed by atoms with Gasteiger partial charge in [0.2, 0.25) is 10.0 Å². The van der Waals surface area contributed by atoms with Gasteiger partial charge < -0.3 is 5.11 Å². The Hall–Kier alpha value is -0.690. The van der Waals surface area contributed by atoms with Gasteiger partial charge in [0.15, 0.2) is 0 Å². The highest BCUT2D eigenvalue weighted by Gasteiger charge is 2.31. The van der Waals surface area contributed by atoms with Crippen molar-refractivity contribution in [3.63, 3.8) is 0 Å². The molecule has 0 fully saturated rings. The molecule has 0 aliphatic heterocycles. The van der Waals surface area contributed by atoms with E-state index in [4.69, 9.17) is 11.6 Å². The van der Waals surface area contributed by atoms with E-state index in [0.29, 0.717) is 12.8 Å². The first-order valence-electron chi connectivity index (χ1n) is 5.90. The normalized spacial score (nSPS) is 12.7. The second-order valence-electron chi connectivity index (χ2n) is 4.33. The molecule has 108 valence electrons. The standard InChI is InChI=1S/C12H17ClFNO3S/c1-3-12(4-2,8-16)15-19(17,18)9-5-6-11(14)10(13)7-9/h5-7,15-16H,3-4,8H2,1-2H3. The maximum atomic E-state index is 13.0. The molecule has 0 aliphatic carbocycles. The highest BCUT2D eigenvalue weighted by Crippen LogP contribution is 2.22. The van der Waals surface area contributed by atoms with Gasteiger partial charge in [0.1, 0.15) is 5.82 Å². The summed E-state index contributed by atoms with van der Waals surface area (Å²) in [7, 11) is -3.85. The maximum absolute atomic E-state index is 13.0. The molecule has 0 radical (unpaired) electrons. The molecule has 1 aromatic carbocycles. The Balaban J connectivity index is 3.14. The predicted molar refractivity (Wildman–Crippen MR) is 72.1 cm³/mol. The first-order chi connectivity index (χ1) is 8.80. The van der Waals surface area contributed by atoms with E-state index in [9.17, 15) is 17.9 Å². The third kappa shape index (κ3) is 3.66. The van der Waals surface area contributed by atoms with E-state index in [-0.39, 0.29) is 16.5 Å². The van der Waals surface area contributed by atoms with Crippen LogP contribution < -0.4 is 4.72 Å². The fourth-order valence-corrected chi connectivity index (χ4v) is 3.44. The summed E-state index contributed by atoms with van der Waals surface area (Å²) >= 11 is 5.58. The number of sulfonamides is 1. The Morgan fingerprint density at radius 2 is 1.95 bits per heavy atom. The second-order valence-corrected chi connectivity index (χ2v) is 6.42. The van der Waals surface area contributed by atoms with Crippen molar-refractivity contribution in [1.82, 2.24) is 4.72 Å². The van der Waals surface area contributed by atoms with Crippen LogP contribution in [-0.4, -0.2) is 25.7 Å². The molecule has 0 saturated heterocycles. The molecule has 0 saturated carbocycles. The second kappa shape index (κ2) is 6.17. The number of halogens is 2. The zero-order chi connectivity index (χ0) is 14.7. The van der Waals surface area contributed by atoms with Crippen LogP contribution in [0.25, 0.3) is 0 Å². The molecule has 0 bridgehead atoms. The molecule has 0 amide bonds. The number of rotatable bonds is 6. The molecular formula is C12H17ClFNO3S. The van der Waals surface area contributed by atoms with Crippen molar-refractivity contribution < 1.29 is 17.9 Å². The molecule has 0 spiro atoms.